The highest BCUT2D eigenvalue weighted by molar-refractivity contribution is 9.10. The van der Waals surface area contributed by atoms with Gasteiger partial charge in [0.1, 0.15) is 0 Å². The number of likely N-dealkylation sites (tertiary alicyclic amines) is 1. The molecule has 92 valence electrons. The lowest BCUT2D eigenvalue weighted by atomic mass is 10.1. The number of hydrogen-bond acceptors (Lipinski definition) is 2. The molecule has 0 saturated carbocycles. The van der Waals surface area contributed by atoms with Crippen LogP contribution in [-0.2, 0) is 0 Å². The van der Waals surface area contributed by atoms with Gasteiger partial charge < -0.3 is 10.2 Å². The average Bonchev–Trinajstić information content (AvgIpc) is 2.68. The van der Waals surface area contributed by atoms with Gasteiger partial charge in [-0.05, 0) is 44.6 Å². The summed E-state index contributed by atoms with van der Waals surface area (Å²) in [6.07, 6.45) is 1.04. The fraction of sp³-hybridized carbons (Fsp3) is 0.462. The first kappa shape index (κ1) is 12.6. The Morgan fingerprint density at radius 3 is 2.94 bits per heavy atom. The number of likely N-dealkylation sites (N-methyl/N-ethyl adjacent to an activating group) is 1. The molecule has 0 radical (unpaired) electrons. The highest BCUT2D eigenvalue weighted by atomic mass is 79.9. The molecule has 1 aliphatic rings. The predicted molar refractivity (Wildman–Crippen MR) is 72.2 cm³/mol. The molecule has 0 aromatic heterocycles. The molecule has 1 fully saturated rings. The van der Waals surface area contributed by atoms with E-state index >= 15 is 0 Å². The summed E-state index contributed by atoms with van der Waals surface area (Å²) in [6, 6.07) is 6.00. The number of carbonyl (C=O) groups excluding carboxylic acids is 1. The van der Waals surface area contributed by atoms with E-state index in [9.17, 15) is 4.79 Å². The molecule has 17 heavy (non-hydrogen) atoms. The Balaban J connectivity index is 2.07. The molecular formula is C13H17BrN2O. The van der Waals surface area contributed by atoms with Crippen LogP contribution in [0, 0.1) is 6.92 Å². The van der Waals surface area contributed by atoms with Gasteiger partial charge in [0.2, 0.25) is 0 Å². The molecule has 1 amide bonds. The Hall–Kier alpha value is -0.870. The highest BCUT2D eigenvalue weighted by Crippen LogP contribution is 2.19. The molecule has 3 nitrogen and oxygen atoms in total. The summed E-state index contributed by atoms with van der Waals surface area (Å²) in [4.78, 5) is 14.4. The number of halogens is 1. The van der Waals surface area contributed by atoms with Crippen molar-refractivity contribution in [2.24, 2.45) is 0 Å². The lowest BCUT2D eigenvalue weighted by molar-refractivity contribution is 0.0937. The van der Waals surface area contributed by atoms with Crippen LogP contribution in [0.25, 0.3) is 0 Å². The maximum Gasteiger partial charge on any atom is 0.251 e. The molecule has 1 heterocycles. The number of hydrogen-bond donors (Lipinski definition) is 1. The van der Waals surface area contributed by atoms with E-state index in [-0.39, 0.29) is 11.9 Å². The van der Waals surface area contributed by atoms with Gasteiger partial charge in [-0.2, -0.15) is 0 Å². The maximum atomic E-state index is 12.1. The first-order chi connectivity index (χ1) is 8.08. The van der Waals surface area contributed by atoms with Crippen molar-refractivity contribution in [3.05, 3.63) is 33.8 Å². The Kier molecular flexibility index (Phi) is 3.84. The third-order valence-electron chi connectivity index (χ3n) is 3.24. The number of nitrogens with zero attached hydrogens (tertiary/aromatic N) is 1. The van der Waals surface area contributed by atoms with E-state index in [0.717, 1.165) is 35.1 Å². The standard InChI is InChI=1S/C13H17BrN2O/c1-9-11(4-3-5-12(9)14)13(17)15-10-6-7-16(2)8-10/h3-5,10H,6-8H2,1-2H3,(H,15,17). The predicted octanol–water partition coefficient (Wildman–Crippen LogP) is 2.19. The van der Waals surface area contributed by atoms with Gasteiger partial charge in [-0.1, -0.05) is 22.0 Å². The minimum absolute atomic E-state index is 0.0316. The molecule has 1 aromatic carbocycles. The third kappa shape index (κ3) is 2.87. The second-order valence-electron chi connectivity index (χ2n) is 4.63. The van der Waals surface area contributed by atoms with Crippen molar-refractivity contribution in [2.45, 2.75) is 19.4 Å². The maximum absolute atomic E-state index is 12.1. The van der Waals surface area contributed by atoms with E-state index in [4.69, 9.17) is 0 Å². The molecule has 1 saturated heterocycles. The number of nitrogens with one attached hydrogen (secondary N) is 1. The van der Waals surface area contributed by atoms with Gasteiger partial charge in [0, 0.05) is 22.6 Å². The molecular weight excluding hydrogens is 280 g/mol. The van der Waals surface area contributed by atoms with E-state index in [2.05, 4.69) is 33.2 Å². The summed E-state index contributed by atoms with van der Waals surface area (Å²) in [7, 11) is 2.08. The number of rotatable bonds is 2. The molecule has 1 atom stereocenters. The summed E-state index contributed by atoms with van der Waals surface area (Å²) in [5, 5.41) is 3.09. The van der Waals surface area contributed by atoms with Gasteiger partial charge in [0.05, 0.1) is 0 Å². The molecule has 0 spiro atoms. The van der Waals surface area contributed by atoms with E-state index in [1.807, 2.05) is 25.1 Å². The van der Waals surface area contributed by atoms with E-state index in [1.54, 1.807) is 0 Å². The molecule has 1 aromatic rings. The largest absolute Gasteiger partial charge is 0.348 e. The second-order valence-corrected chi connectivity index (χ2v) is 5.49. The van der Waals surface area contributed by atoms with Crippen molar-refractivity contribution < 1.29 is 4.79 Å². The smallest absolute Gasteiger partial charge is 0.251 e. The normalized spacial score (nSPS) is 20.5. The van der Waals surface area contributed by atoms with Crippen molar-refractivity contribution in [3.63, 3.8) is 0 Å². The van der Waals surface area contributed by atoms with Gasteiger partial charge in [0.25, 0.3) is 5.91 Å². The summed E-state index contributed by atoms with van der Waals surface area (Å²) >= 11 is 3.45. The third-order valence-corrected chi connectivity index (χ3v) is 4.10. The summed E-state index contributed by atoms with van der Waals surface area (Å²) in [5.41, 5.74) is 1.75. The van der Waals surface area contributed by atoms with Crippen LogP contribution in [0.2, 0.25) is 0 Å². The Bertz CT molecular complexity index is 433. The van der Waals surface area contributed by atoms with Crippen LogP contribution >= 0.6 is 15.9 Å². The average molecular weight is 297 g/mol. The number of benzene rings is 1. The SMILES string of the molecule is Cc1c(Br)cccc1C(=O)NC1CCN(C)C1. The highest BCUT2D eigenvalue weighted by Gasteiger charge is 2.22. The lowest BCUT2D eigenvalue weighted by Gasteiger charge is -2.14. The minimum atomic E-state index is 0.0316. The van der Waals surface area contributed by atoms with E-state index in [1.165, 1.54) is 0 Å². The molecule has 1 aliphatic heterocycles. The van der Waals surface area contributed by atoms with Crippen molar-refractivity contribution >= 4 is 21.8 Å². The molecule has 4 heteroatoms. The van der Waals surface area contributed by atoms with E-state index in [0.29, 0.717) is 0 Å². The summed E-state index contributed by atoms with van der Waals surface area (Å²) < 4.78 is 0.980. The topological polar surface area (TPSA) is 32.3 Å². The van der Waals surface area contributed by atoms with Crippen molar-refractivity contribution in [2.75, 3.05) is 20.1 Å². The Morgan fingerprint density at radius 2 is 2.29 bits per heavy atom. The molecule has 2 rings (SSSR count). The van der Waals surface area contributed by atoms with Gasteiger partial charge >= 0.3 is 0 Å². The molecule has 1 unspecified atom stereocenters. The fourth-order valence-corrected chi connectivity index (χ4v) is 2.54. The fourth-order valence-electron chi connectivity index (χ4n) is 2.17. The molecule has 0 aliphatic carbocycles. The Morgan fingerprint density at radius 1 is 1.53 bits per heavy atom. The minimum Gasteiger partial charge on any atom is -0.348 e. The molecule has 0 bridgehead atoms. The monoisotopic (exact) mass is 296 g/mol. The van der Waals surface area contributed by atoms with E-state index < -0.39 is 0 Å². The zero-order chi connectivity index (χ0) is 12.4. The van der Waals surface area contributed by atoms with Crippen LogP contribution < -0.4 is 5.32 Å². The quantitative estimate of drug-likeness (QED) is 0.907. The molecule has 1 N–H and O–H groups in total. The summed E-state index contributed by atoms with van der Waals surface area (Å²) in [6.45, 7) is 3.96. The first-order valence-electron chi connectivity index (χ1n) is 5.82. The van der Waals surface area contributed by atoms with Gasteiger partial charge in [0.15, 0.2) is 0 Å². The second kappa shape index (κ2) is 5.19. The Labute approximate surface area is 110 Å². The van der Waals surface area contributed by atoms with Crippen molar-refractivity contribution in [1.82, 2.24) is 10.2 Å². The summed E-state index contributed by atoms with van der Waals surface area (Å²) in [5.74, 6) is 0.0316. The zero-order valence-corrected chi connectivity index (χ0v) is 11.8. The number of amides is 1. The van der Waals surface area contributed by atoms with Gasteiger partial charge in [-0.3, -0.25) is 4.79 Å². The van der Waals surface area contributed by atoms with Gasteiger partial charge in [-0.15, -0.1) is 0 Å². The van der Waals surface area contributed by atoms with Gasteiger partial charge in [-0.25, -0.2) is 0 Å². The van der Waals surface area contributed by atoms with Crippen LogP contribution in [0.1, 0.15) is 22.3 Å². The zero-order valence-electron chi connectivity index (χ0n) is 10.2. The first-order valence-corrected chi connectivity index (χ1v) is 6.61. The van der Waals surface area contributed by atoms with Crippen LogP contribution in [0.4, 0.5) is 0 Å². The lowest BCUT2D eigenvalue weighted by Crippen LogP contribution is -2.36. The van der Waals surface area contributed by atoms with Crippen LogP contribution in [0.3, 0.4) is 0 Å². The van der Waals surface area contributed by atoms with Crippen molar-refractivity contribution in [1.29, 1.82) is 0 Å². The van der Waals surface area contributed by atoms with Crippen molar-refractivity contribution in [3.8, 4) is 0 Å². The number of carbonyl (C=O) groups is 1. The van der Waals surface area contributed by atoms with Crippen LogP contribution in [0.5, 0.6) is 0 Å². The van der Waals surface area contributed by atoms with Crippen LogP contribution in [-0.4, -0.2) is 37.0 Å². The van der Waals surface area contributed by atoms with Crippen LogP contribution in [0.15, 0.2) is 22.7 Å².